The molecule has 2 heterocycles. The van der Waals surface area contributed by atoms with Gasteiger partial charge in [0.2, 0.25) is 0 Å². The molecule has 0 aromatic carbocycles. The maximum Gasteiger partial charge on any atom is 0.138 e. The largest absolute Gasteiger partial charge is 0.506 e. The zero-order valence-electron chi connectivity index (χ0n) is 11.9. The molecule has 0 unspecified atom stereocenters. The molecule has 0 atom stereocenters. The summed E-state index contributed by atoms with van der Waals surface area (Å²) in [7, 11) is 2.08. The van der Waals surface area contributed by atoms with Crippen molar-refractivity contribution in [1.82, 2.24) is 20.1 Å². The van der Waals surface area contributed by atoms with Crippen LogP contribution < -0.4 is 5.32 Å². The first-order valence-corrected chi connectivity index (χ1v) is 6.92. The summed E-state index contributed by atoms with van der Waals surface area (Å²) in [5.74, 6) is 0.291. The molecule has 5 nitrogen and oxygen atoms in total. The first kappa shape index (κ1) is 14.2. The summed E-state index contributed by atoms with van der Waals surface area (Å²) in [5, 5.41) is 13.2. The van der Waals surface area contributed by atoms with Crippen molar-refractivity contribution in [2.45, 2.75) is 13.5 Å². The number of nitrogens with one attached hydrogen (secondary N) is 1. The van der Waals surface area contributed by atoms with Crippen molar-refractivity contribution >= 4 is 0 Å². The number of hydrogen-bond donors (Lipinski definition) is 2. The number of aromatic hydroxyl groups is 1. The van der Waals surface area contributed by atoms with Gasteiger partial charge in [-0.25, -0.2) is 0 Å². The molecule has 0 aliphatic carbocycles. The topological polar surface area (TPSA) is 51.6 Å². The minimum atomic E-state index is 0.291. The van der Waals surface area contributed by atoms with Gasteiger partial charge in [0.25, 0.3) is 0 Å². The van der Waals surface area contributed by atoms with E-state index in [1.165, 1.54) is 0 Å². The molecule has 0 radical (unpaired) electrons. The molecule has 0 saturated carbocycles. The van der Waals surface area contributed by atoms with Gasteiger partial charge in [0.1, 0.15) is 5.75 Å². The van der Waals surface area contributed by atoms with Gasteiger partial charge >= 0.3 is 0 Å². The number of rotatable bonds is 5. The number of piperazine rings is 1. The summed E-state index contributed by atoms with van der Waals surface area (Å²) < 4.78 is 0. The van der Waals surface area contributed by atoms with Crippen LogP contribution in [0.25, 0.3) is 0 Å². The Morgan fingerprint density at radius 3 is 2.84 bits per heavy atom. The number of aromatic nitrogens is 1. The number of likely N-dealkylation sites (N-methyl/N-ethyl adjacent to an activating group) is 1. The Labute approximate surface area is 115 Å². The summed E-state index contributed by atoms with van der Waals surface area (Å²) >= 11 is 0. The third-order valence-corrected chi connectivity index (χ3v) is 3.52. The van der Waals surface area contributed by atoms with E-state index in [0.717, 1.165) is 50.7 Å². The van der Waals surface area contributed by atoms with Crippen LogP contribution in [0.4, 0.5) is 0 Å². The number of hydrogen-bond acceptors (Lipinski definition) is 5. The zero-order valence-corrected chi connectivity index (χ0v) is 11.9. The van der Waals surface area contributed by atoms with Crippen LogP contribution in [0.5, 0.6) is 5.75 Å². The standard InChI is InChI=1S/C14H24N4O/c1-12-3-4-14(19)13(16-12)11-17(2)9-10-18-7-5-15-6-8-18/h3-4,15,19H,5-11H2,1-2H3. The lowest BCUT2D eigenvalue weighted by atomic mass is 10.2. The fraction of sp³-hybridized carbons (Fsp3) is 0.643. The molecule has 106 valence electrons. The Hall–Kier alpha value is -1.17. The minimum absolute atomic E-state index is 0.291. The van der Waals surface area contributed by atoms with Crippen molar-refractivity contribution < 1.29 is 5.11 Å². The van der Waals surface area contributed by atoms with Gasteiger partial charge in [0, 0.05) is 51.5 Å². The van der Waals surface area contributed by atoms with Crippen molar-refractivity contribution in [2.75, 3.05) is 46.3 Å². The normalized spacial score (nSPS) is 17.0. The van der Waals surface area contributed by atoms with E-state index < -0.39 is 0 Å². The van der Waals surface area contributed by atoms with Crippen LogP contribution >= 0.6 is 0 Å². The average molecular weight is 264 g/mol. The first-order chi connectivity index (χ1) is 9.15. The highest BCUT2D eigenvalue weighted by atomic mass is 16.3. The third-order valence-electron chi connectivity index (χ3n) is 3.52. The van der Waals surface area contributed by atoms with Gasteiger partial charge in [-0.15, -0.1) is 0 Å². The lowest BCUT2D eigenvalue weighted by Gasteiger charge is -2.29. The van der Waals surface area contributed by atoms with E-state index in [9.17, 15) is 5.11 Å². The molecule has 1 aromatic rings. The fourth-order valence-electron chi connectivity index (χ4n) is 2.30. The van der Waals surface area contributed by atoms with Crippen LogP contribution in [-0.4, -0.2) is 66.2 Å². The predicted molar refractivity (Wildman–Crippen MR) is 76.3 cm³/mol. The predicted octanol–water partition coefficient (Wildman–Crippen LogP) is 0.433. The number of nitrogens with zero attached hydrogens (tertiary/aromatic N) is 3. The Morgan fingerprint density at radius 2 is 2.11 bits per heavy atom. The molecule has 2 rings (SSSR count). The highest BCUT2D eigenvalue weighted by Gasteiger charge is 2.11. The fourth-order valence-corrected chi connectivity index (χ4v) is 2.30. The average Bonchev–Trinajstić information content (AvgIpc) is 2.42. The van der Waals surface area contributed by atoms with E-state index in [1.54, 1.807) is 6.07 Å². The molecule has 1 aromatic heterocycles. The molecule has 1 fully saturated rings. The molecule has 1 aliphatic heterocycles. The lowest BCUT2D eigenvalue weighted by Crippen LogP contribution is -2.45. The van der Waals surface area contributed by atoms with E-state index in [4.69, 9.17) is 0 Å². The van der Waals surface area contributed by atoms with Gasteiger partial charge < -0.3 is 10.4 Å². The molecular weight excluding hydrogens is 240 g/mol. The summed E-state index contributed by atoms with van der Waals surface area (Å²) in [4.78, 5) is 9.07. The van der Waals surface area contributed by atoms with Crippen LogP contribution in [0.1, 0.15) is 11.4 Å². The second kappa shape index (κ2) is 6.84. The monoisotopic (exact) mass is 264 g/mol. The van der Waals surface area contributed by atoms with E-state index in [2.05, 4.69) is 27.1 Å². The Balaban J connectivity index is 1.80. The number of pyridine rings is 1. The van der Waals surface area contributed by atoms with Crippen molar-refractivity contribution in [3.05, 3.63) is 23.5 Å². The van der Waals surface area contributed by atoms with Crippen LogP contribution in [0.2, 0.25) is 0 Å². The van der Waals surface area contributed by atoms with Gasteiger partial charge in [-0.05, 0) is 26.1 Å². The van der Waals surface area contributed by atoms with Crippen molar-refractivity contribution in [2.24, 2.45) is 0 Å². The van der Waals surface area contributed by atoms with Gasteiger partial charge in [-0.3, -0.25) is 14.8 Å². The molecule has 2 N–H and O–H groups in total. The molecule has 0 amide bonds. The van der Waals surface area contributed by atoms with Crippen LogP contribution in [-0.2, 0) is 6.54 Å². The molecular formula is C14H24N4O. The zero-order chi connectivity index (χ0) is 13.7. The van der Waals surface area contributed by atoms with E-state index in [1.807, 2.05) is 13.0 Å². The lowest BCUT2D eigenvalue weighted by molar-refractivity contribution is 0.200. The summed E-state index contributed by atoms with van der Waals surface area (Å²) in [5.41, 5.74) is 1.71. The van der Waals surface area contributed by atoms with Crippen molar-refractivity contribution in [3.8, 4) is 5.75 Å². The number of aryl methyl sites for hydroxylation is 1. The van der Waals surface area contributed by atoms with Crippen LogP contribution in [0.3, 0.4) is 0 Å². The summed E-state index contributed by atoms with van der Waals surface area (Å²) in [6, 6.07) is 3.56. The first-order valence-electron chi connectivity index (χ1n) is 6.92. The molecule has 1 aliphatic rings. The van der Waals surface area contributed by atoms with Gasteiger partial charge in [-0.1, -0.05) is 0 Å². The van der Waals surface area contributed by atoms with Gasteiger partial charge in [-0.2, -0.15) is 0 Å². The molecule has 0 spiro atoms. The smallest absolute Gasteiger partial charge is 0.138 e. The summed E-state index contributed by atoms with van der Waals surface area (Å²) in [6.45, 7) is 9.14. The van der Waals surface area contributed by atoms with Crippen molar-refractivity contribution in [3.63, 3.8) is 0 Å². The minimum Gasteiger partial charge on any atom is -0.506 e. The third kappa shape index (κ3) is 4.45. The Morgan fingerprint density at radius 1 is 1.37 bits per heavy atom. The second-order valence-corrected chi connectivity index (χ2v) is 5.25. The van der Waals surface area contributed by atoms with Crippen molar-refractivity contribution in [1.29, 1.82) is 0 Å². The highest BCUT2D eigenvalue weighted by Crippen LogP contribution is 2.16. The second-order valence-electron chi connectivity index (χ2n) is 5.25. The SMILES string of the molecule is Cc1ccc(O)c(CN(C)CCN2CCNCC2)n1. The summed E-state index contributed by atoms with van der Waals surface area (Å²) in [6.07, 6.45) is 0. The maximum atomic E-state index is 9.79. The van der Waals surface area contributed by atoms with Gasteiger partial charge in [0.15, 0.2) is 0 Å². The molecule has 5 heteroatoms. The van der Waals surface area contributed by atoms with E-state index in [0.29, 0.717) is 12.3 Å². The highest BCUT2D eigenvalue weighted by molar-refractivity contribution is 5.27. The molecule has 19 heavy (non-hydrogen) atoms. The van der Waals surface area contributed by atoms with Gasteiger partial charge in [0.05, 0.1) is 5.69 Å². The Kier molecular flexibility index (Phi) is 5.13. The van der Waals surface area contributed by atoms with Crippen LogP contribution in [0.15, 0.2) is 12.1 Å². The molecule has 1 saturated heterocycles. The molecule has 0 bridgehead atoms. The maximum absolute atomic E-state index is 9.79. The Bertz CT molecular complexity index is 404. The van der Waals surface area contributed by atoms with Crippen LogP contribution in [0, 0.1) is 6.92 Å². The quantitative estimate of drug-likeness (QED) is 0.808. The van der Waals surface area contributed by atoms with E-state index in [-0.39, 0.29) is 0 Å². The van der Waals surface area contributed by atoms with E-state index >= 15 is 0 Å².